The first-order chi connectivity index (χ1) is 7.70. The number of rotatable bonds is 6. The van der Waals surface area contributed by atoms with Crippen LogP contribution in [-0.4, -0.2) is 13.7 Å². The molecule has 0 bridgehead atoms. The lowest BCUT2D eigenvalue weighted by molar-refractivity contribution is 0.174. The summed E-state index contributed by atoms with van der Waals surface area (Å²) in [4.78, 5) is 0. The number of benzene rings is 1. The predicted molar refractivity (Wildman–Crippen MR) is 68.4 cm³/mol. The molecule has 2 heteroatoms. The summed E-state index contributed by atoms with van der Waals surface area (Å²) in [5, 5.41) is 0. The highest BCUT2D eigenvalue weighted by Crippen LogP contribution is 2.25. The van der Waals surface area contributed by atoms with Crippen LogP contribution in [0.5, 0.6) is 0 Å². The van der Waals surface area contributed by atoms with Crippen molar-refractivity contribution >= 4 is 0 Å². The minimum absolute atomic E-state index is 0.117. The van der Waals surface area contributed by atoms with Gasteiger partial charge in [-0.1, -0.05) is 38.1 Å². The van der Waals surface area contributed by atoms with Crippen LogP contribution >= 0.6 is 0 Å². The van der Waals surface area contributed by atoms with Crippen LogP contribution in [0, 0.1) is 5.92 Å². The topological polar surface area (TPSA) is 35.2 Å². The van der Waals surface area contributed by atoms with Gasteiger partial charge in [-0.3, -0.25) is 0 Å². The second-order valence-corrected chi connectivity index (χ2v) is 4.34. The molecule has 16 heavy (non-hydrogen) atoms. The fraction of sp³-hybridized carbons (Fsp3) is 0.571. The van der Waals surface area contributed by atoms with Crippen LogP contribution in [0.25, 0.3) is 0 Å². The second kappa shape index (κ2) is 6.66. The molecule has 0 spiro atoms. The zero-order chi connectivity index (χ0) is 12.0. The Hall–Kier alpha value is -0.860. The first-order valence-electron chi connectivity index (χ1n) is 6.03. The molecule has 0 radical (unpaired) electrons. The lowest BCUT2D eigenvalue weighted by Gasteiger charge is -2.22. The van der Waals surface area contributed by atoms with Gasteiger partial charge in [-0.2, -0.15) is 0 Å². The zero-order valence-corrected chi connectivity index (χ0v) is 10.6. The van der Waals surface area contributed by atoms with Crippen molar-refractivity contribution in [3.8, 4) is 0 Å². The van der Waals surface area contributed by atoms with Gasteiger partial charge in [0.1, 0.15) is 0 Å². The number of ether oxygens (including phenoxy) is 1. The van der Waals surface area contributed by atoms with E-state index in [0.717, 1.165) is 19.4 Å². The molecular weight excluding hydrogens is 198 g/mol. The Bertz CT molecular complexity index is 311. The van der Waals surface area contributed by atoms with Crippen molar-refractivity contribution < 1.29 is 4.74 Å². The minimum Gasteiger partial charge on any atom is -0.385 e. The summed E-state index contributed by atoms with van der Waals surface area (Å²) in [6, 6.07) is 8.57. The fourth-order valence-corrected chi connectivity index (χ4v) is 1.97. The van der Waals surface area contributed by atoms with Gasteiger partial charge in [0, 0.05) is 19.8 Å². The third-order valence-electron chi connectivity index (χ3n) is 3.19. The number of aryl methyl sites for hydroxylation is 1. The van der Waals surface area contributed by atoms with E-state index in [1.807, 2.05) is 0 Å². The highest BCUT2D eigenvalue weighted by molar-refractivity contribution is 5.30. The molecule has 0 aliphatic rings. The molecule has 0 aromatic heterocycles. The van der Waals surface area contributed by atoms with Crippen LogP contribution in [0.3, 0.4) is 0 Å². The van der Waals surface area contributed by atoms with E-state index in [2.05, 4.69) is 38.1 Å². The molecule has 0 saturated carbocycles. The van der Waals surface area contributed by atoms with Crippen molar-refractivity contribution in [1.82, 2.24) is 0 Å². The van der Waals surface area contributed by atoms with Gasteiger partial charge in [0.2, 0.25) is 0 Å². The highest BCUT2D eigenvalue weighted by Gasteiger charge is 2.16. The largest absolute Gasteiger partial charge is 0.385 e. The molecule has 0 saturated heterocycles. The molecule has 0 aliphatic carbocycles. The fourth-order valence-electron chi connectivity index (χ4n) is 1.97. The third-order valence-corrected chi connectivity index (χ3v) is 3.19. The monoisotopic (exact) mass is 221 g/mol. The van der Waals surface area contributed by atoms with E-state index >= 15 is 0 Å². The Morgan fingerprint density at radius 1 is 1.31 bits per heavy atom. The van der Waals surface area contributed by atoms with E-state index in [9.17, 15) is 0 Å². The molecule has 0 fully saturated rings. The quantitative estimate of drug-likeness (QED) is 0.801. The lowest BCUT2D eigenvalue weighted by Crippen LogP contribution is -2.21. The van der Waals surface area contributed by atoms with Gasteiger partial charge in [-0.25, -0.2) is 0 Å². The standard InChI is InChI=1S/C14H23NO/c1-4-12-7-5-6-8-13(12)14(15)11(2)9-10-16-3/h5-8,11,14H,4,9-10,15H2,1-3H3. The highest BCUT2D eigenvalue weighted by atomic mass is 16.5. The molecule has 0 aliphatic heterocycles. The maximum Gasteiger partial charge on any atom is 0.0465 e. The van der Waals surface area contributed by atoms with E-state index in [4.69, 9.17) is 10.5 Å². The Kier molecular flexibility index (Phi) is 5.50. The number of hydrogen-bond acceptors (Lipinski definition) is 2. The Balaban J connectivity index is 2.74. The van der Waals surface area contributed by atoms with Gasteiger partial charge in [0.25, 0.3) is 0 Å². The number of methoxy groups -OCH3 is 1. The van der Waals surface area contributed by atoms with Gasteiger partial charge < -0.3 is 10.5 Å². The van der Waals surface area contributed by atoms with Crippen molar-refractivity contribution in [2.24, 2.45) is 11.7 Å². The van der Waals surface area contributed by atoms with Crippen LogP contribution in [0.2, 0.25) is 0 Å². The smallest absolute Gasteiger partial charge is 0.0465 e. The van der Waals surface area contributed by atoms with Crippen LogP contribution in [0.4, 0.5) is 0 Å². The Labute approximate surface area is 98.8 Å². The summed E-state index contributed by atoms with van der Waals surface area (Å²) in [7, 11) is 1.73. The molecule has 90 valence electrons. The summed E-state index contributed by atoms with van der Waals surface area (Å²) in [6.45, 7) is 5.14. The molecule has 0 amide bonds. The van der Waals surface area contributed by atoms with Gasteiger partial charge >= 0.3 is 0 Å². The van der Waals surface area contributed by atoms with E-state index in [1.54, 1.807) is 7.11 Å². The summed E-state index contributed by atoms with van der Waals surface area (Å²) in [5.74, 6) is 0.452. The minimum atomic E-state index is 0.117. The van der Waals surface area contributed by atoms with E-state index in [-0.39, 0.29) is 6.04 Å². The molecule has 2 atom stereocenters. The maximum atomic E-state index is 6.30. The SMILES string of the molecule is CCc1ccccc1C(N)C(C)CCOC. The molecule has 2 unspecified atom stereocenters. The first kappa shape index (κ1) is 13.2. The normalized spacial score (nSPS) is 14.8. The van der Waals surface area contributed by atoms with Crippen molar-refractivity contribution in [2.45, 2.75) is 32.7 Å². The van der Waals surface area contributed by atoms with Crippen LogP contribution in [0.15, 0.2) is 24.3 Å². The van der Waals surface area contributed by atoms with Gasteiger partial charge in [-0.05, 0) is 29.9 Å². The number of hydrogen-bond donors (Lipinski definition) is 1. The first-order valence-corrected chi connectivity index (χ1v) is 6.03. The zero-order valence-electron chi connectivity index (χ0n) is 10.6. The Morgan fingerprint density at radius 2 is 2.00 bits per heavy atom. The van der Waals surface area contributed by atoms with Crippen molar-refractivity contribution in [2.75, 3.05) is 13.7 Å². The summed E-state index contributed by atoms with van der Waals surface area (Å²) in [5.41, 5.74) is 8.95. The van der Waals surface area contributed by atoms with E-state index in [1.165, 1.54) is 11.1 Å². The van der Waals surface area contributed by atoms with Crippen LogP contribution < -0.4 is 5.73 Å². The maximum absolute atomic E-state index is 6.30. The van der Waals surface area contributed by atoms with E-state index in [0.29, 0.717) is 5.92 Å². The van der Waals surface area contributed by atoms with Gasteiger partial charge in [-0.15, -0.1) is 0 Å². The van der Waals surface area contributed by atoms with Gasteiger partial charge in [0.15, 0.2) is 0 Å². The molecule has 1 aromatic rings. The van der Waals surface area contributed by atoms with Crippen LogP contribution in [0.1, 0.15) is 37.4 Å². The molecule has 1 rings (SSSR count). The van der Waals surface area contributed by atoms with Gasteiger partial charge in [0.05, 0.1) is 0 Å². The Morgan fingerprint density at radius 3 is 2.62 bits per heavy atom. The molecule has 0 heterocycles. The van der Waals surface area contributed by atoms with E-state index < -0.39 is 0 Å². The molecule has 1 aromatic carbocycles. The van der Waals surface area contributed by atoms with Crippen molar-refractivity contribution in [3.63, 3.8) is 0 Å². The van der Waals surface area contributed by atoms with Crippen molar-refractivity contribution in [3.05, 3.63) is 35.4 Å². The predicted octanol–water partition coefficient (Wildman–Crippen LogP) is 2.92. The number of nitrogens with two attached hydrogens (primary N) is 1. The van der Waals surface area contributed by atoms with Crippen molar-refractivity contribution in [1.29, 1.82) is 0 Å². The lowest BCUT2D eigenvalue weighted by atomic mass is 9.89. The average molecular weight is 221 g/mol. The average Bonchev–Trinajstić information content (AvgIpc) is 2.34. The van der Waals surface area contributed by atoms with Crippen LogP contribution in [-0.2, 0) is 11.2 Å². The second-order valence-electron chi connectivity index (χ2n) is 4.34. The molecule has 2 N–H and O–H groups in total. The molecular formula is C14H23NO. The molecule has 2 nitrogen and oxygen atoms in total. The summed E-state index contributed by atoms with van der Waals surface area (Å²) < 4.78 is 5.10. The summed E-state index contributed by atoms with van der Waals surface area (Å²) >= 11 is 0. The summed E-state index contributed by atoms with van der Waals surface area (Å²) in [6.07, 6.45) is 2.05. The third kappa shape index (κ3) is 3.32.